The van der Waals surface area contributed by atoms with Crippen molar-refractivity contribution in [3.63, 3.8) is 0 Å². The number of carbonyl (C=O) groups excluding carboxylic acids is 1. The maximum absolute atomic E-state index is 11.9. The van der Waals surface area contributed by atoms with Crippen LogP contribution in [0.15, 0.2) is 12.4 Å². The van der Waals surface area contributed by atoms with E-state index in [4.69, 9.17) is 10.8 Å². The van der Waals surface area contributed by atoms with Crippen LogP contribution in [0.2, 0.25) is 0 Å². The highest BCUT2D eigenvalue weighted by Crippen LogP contribution is 2.03. The van der Waals surface area contributed by atoms with Crippen molar-refractivity contribution in [3.8, 4) is 0 Å². The lowest BCUT2D eigenvalue weighted by Crippen LogP contribution is -2.33. The molecule has 0 aliphatic rings. The van der Waals surface area contributed by atoms with Crippen LogP contribution in [0.4, 0.5) is 5.82 Å². The number of nitrogens with two attached hydrogens (primary N) is 1. The molecule has 1 aromatic rings. The molecule has 1 heterocycles. The highest BCUT2D eigenvalue weighted by Gasteiger charge is 2.15. The maximum Gasteiger partial charge on any atom is 0.274 e. The van der Waals surface area contributed by atoms with Crippen LogP contribution < -0.4 is 5.73 Å². The van der Waals surface area contributed by atoms with Gasteiger partial charge in [0.1, 0.15) is 11.5 Å². The normalized spacial score (nSPS) is 10.1. The molecule has 0 atom stereocenters. The zero-order valence-corrected chi connectivity index (χ0v) is 9.26. The summed E-state index contributed by atoms with van der Waals surface area (Å²) in [6, 6.07) is 0. The molecule has 6 nitrogen and oxygen atoms in total. The van der Waals surface area contributed by atoms with Crippen molar-refractivity contribution in [1.82, 2.24) is 14.9 Å². The Morgan fingerprint density at radius 2 is 2.31 bits per heavy atom. The van der Waals surface area contributed by atoms with Crippen molar-refractivity contribution in [2.75, 3.05) is 25.4 Å². The molecule has 0 fully saturated rings. The van der Waals surface area contributed by atoms with Crippen molar-refractivity contribution in [1.29, 1.82) is 0 Å². The molecule has 0 spiro atoms. The van der Waals surface area contributed by atoms with Gasteiger partial charge in [0.15, 0.2) is 0 Å². The molecule has 0 aromatic carbocycles. The quantitative estimate of drug-likeness (QED) is 0.728. The Labute approximate surface area is 94.1 Å². The number of aliphatic hydroxyl groups is 1. The molecule has 1 amide bonds. The maximum atomic E-state index is 11.9. The van der Waals surface area contributed by atoms with Gasteiger partial charge in [0, 0.05) is 19.7 Å². The molecule has 0 aliphatic heterocycles. The van der Waals surface area contributed by atoms with Gasteiger partial charge in [-0.1, -0.05) is 0 Å². The summed E-state index contributed by atoms with van der Waals surface area (Å²) in [5, 5.41) is 8.72. The average Bonchev–Trinajstić information content (AvgIpc) is 2.29. The van der Waals surface area contributed by atoms with E-state index in [0.717, 1.165) is 0 Å². The lowest BCUT2D eigenvalue weighted by atomic mass is 10.3. The first kappa shape index (κ1) is 12.4. The van der Waals surface area contributed by atoms with Crippen LogP contribution in [0, 0.1) is 0 Å². The number of nitrogens with zero attached hydrogens (tertiary/aromatic N) is 3. The van der Waals surface area contributed by atoms with E-state index in [1.165, 1.54) is 12.4 Å². The van der Waals surface area contributed by atoms with E-state index >= 15 is 0 Å². The van der Waals surface area contributed by atoms with Gasteiger partial charge in [0.2, 0.25) is 0 Å². The fourth-order valence-electron chi connectivity index (χ4n) is 1.31. The Morgan fingerprint density at radius 3 is 2.88 bits per heavy atom. The van der Waals surface area contributed by atoms with Gasteiger partial charge in [-0.2, -0.15) is 0 Å². The number of hydrogen-bond acceptors (Lipinski definition) is 5. The van der Waals surface area contributed by atoms with Gasteiger partial charge in [-0.25, -0.2) is 4.98 Å². The van der Waals surface area contributed by atoms with Crippen LogP contribution in [0.5, 0.6) is 0 Å². The summed E-state index contributed by atoms with van der Waals surface area (Å²) in [6.45, 7) is 3.00. The topological polar surface area (TPSA) is 92.3 Å². The molecule has 1 rings (SSSR count). The molecule has 6 heteroatoms. The summed E-state index contributed by atoms with van der Waals surface area (Å²) in [5.74, 6) is 0.0137. The molecule has 3 N–H and O–H groups in total. The minimum absolute atomic E-state index is 0.0619. The molecule has 0 saturated carbocycles. The third kappa shape index (κ3) is 3.16. The molecular weight excluding hydrogens is 208 g/mol. The van der Waals surface area contributed by atoms with E-state index in [0.29, 0.717) is 19.5 Å². The number of carbonyl (C=O) groups is 1. The first-order valence-corrected chi connectivity index (χ1v) is 5.16. The van der Waals surface area contributed by atoms with E-state index in [2.05, 4.69) is 9.97 Å². The van der Waals surface area contributed by atoms with Gasteiger partial charge < -0.3 is 15.7 Å². The van der Waals surface area contributed by atoms with Crippen LogP contribution in [0.1, 0.15) is 23.8 Å². The van der Waals surface area contributed by atoms with Gasteiger partial charge in [0.05, 0.1) is 12.4 Å². The lowest BCUT2D eigenvalue weighted by Gasteiger charge is -2.19. The fraction of sp³-hybridized carbons (Fsp3) is 0.500. The van der Waals surface area contributed by atoms with Gasteiger partial charge in [-0.3, -0.25) is 9.78 Å². The Balaban J connectivity index is 2.74. The van der Waals surface area contributed by atoms with Gasteiger partial charge >= 0.3 is 0 Å². The van der Waals surface area contributed by atoms with Crippen LogP contribution >= 0.6 is 0 Å². The zero-order valence-electron chi connectivity index (χ0n) is 9.26. The number of aromatic nitrogens is 2. The third-order valence-corrected chi connectivity index (χ3v) is 2.13. The number of nitrogen functional groups attached to an aromatic ring is 1. The van der Waals surface area contributed by atoms with Gasteiger partial charge in [-0.15, -0.1) is 0 Å². The van der Waals surface area contributed by atoms with Crippen LogP contribution in [-0.4, -0.2) is 45.6 Å². The molecule has 0 saturated heterocycles. The first-order chi connectivity index (χ1) is 7.69. The standard InChI is InChI=1S/C10H16N4O2/c1-2-14(4-3-5-15)10(16)8-6-12-7-9(11)13-8/h6-7,15H,2-5H2,1H3,(H2,11,13). The summed E-state index contributed by atoms with van der Waals surface area (Å²) in [5.41, 5.74) is 5.69. The Hall–Kier alpha value is -1.69. The molecule has 0 aliphatic carbocycles. The van der Waals surface area contributed by atoms with Gasteiger partial charge in [0.25, 0.3) is 5.91 Å². The van der Waals surface area contributed by atoms with E-state index in [9.17, 15) is 4.79 Å². The molecule has 0 unspecified atom stereocenters. The minimum atomic E-state index is -0.212. The number of rotatable bonds is 5. The molecular formula is C10H16N4O2. The van der Waals surface area contributed by atoms with Crippen molar-refractivity contribution in [2.24, 2.45) is 0 Å². The number of anilines is 1. The average molecular weight is 224 g/mol. The second-order valence-electron chi connectivity index (χ2n) is 3.29. The SMILES string of the molecule is CCN(CCCO)C(=O)c1cncc(N)n1. The zero-order chi connectivity index (χ0) is 12.0. The fourth-order valence-corrected chi connectivity index (χ4v) is 1.31. The minimum Gasteiger partial charge on any atom is -0.396 e. The first-order valence-electron chi connectivity index (χ1n) is 5.16. The van der Waals surface area contributed by atoms with E-state index in [-0.39, 0.29) is 24.0 Å². The van der Waals surface area contributed by atoms with Crippen LogP contribution in [0.3, 0.4) is 0 Å². The summed E-state index contributed by atoms with van der Waals surface area (Å²) < 4.78 is 0. The van der Waals surface area contributed by atoms with Crippen molar-refractivity contribution >= 4 is 11.7 Å². The lowest BCUT2D eigenvalue weighted by molar-refractivity contribution is 0.0748. The van der Waals surface area contributed by atoms with Crippen molar-refractivity contribution in [2.45, 2.75) is 13.3 Å². The Bertz CT molecular complexity index is 356. The monoisotopic (exact) mass is 224 g/mol. The molecule has 0 bridgehead atoms. The summed E-state index contributed by atoms with van der Waals surface area (Å²) in [7, 11) is 0. The number of amides is 1. The number of hydrogen-bond donors (Lipinski definition) is 2. The second-order valence-corrected chi connectivity index (χ2v) is 3.29. The largest absolute Gasteiger partial charge is 0.396 e. The Kier molecular flexibility index (Phi) is 4.65. The second kappa shape index (κ2) is 6.02. The molecule has 0 radical (unpaired) electrons. The summed E-state index contributed by atoms with van der Waals surface area (Å²) in [4.78, 5) is 21.2. The highest BCUT2D eigenvalue weighted by atomic mass is 16.3. The summed E-state index contributed by atoms with van der Waals surface area (Å²) >= 11 is 0. The van der Waals surface area contributed by atoms with Crippen molar-refractivity contribution < 1.29 is 9.90 Å². The predicted molar refractivity (Wildman–Crippen MR) is 59.7 cm³/mol. The van der Waals surface area contributed by atoms with Crippen LogP contribution in [0.25, 0.3) is 0 Å². The molecule has 16 heavy (non-hydrogen) atoms. The van der Waals surface area contributed by atoms with Gasteiger partial charge in [-0.05, 0) is 13.3 Å². The molecule has 1 aromatic heterocycles. The number of aliphatic hydroxyl groups excluding tert-OH is 1. The third-order valence-electron chi connectivity index (χ3n) is 2.13. The van der Waals surface area contributed by atoms with Crippen LogP contribution in [-0.2, 0) is 0 Å². The summed E-state index contributed by atoms with van der Waals surface area (Å²) in [6.07, 6.45) is 3.33. The predicted octanol–water partition coefficient (Wildman–Crippen LogP) is -0.0967. The van der Waals surface area contributed by atoms with E-state index in [1.807, 2.05) is 6.92 Å². The smallest absolute Gasteiger partial charge is 0.274 e. The van der Waals surface area contributed by atoms with Crippen molar-refractivity contribution in [3.05, 3.63) is 18.1 Å². The van der Waals surface area contributed by atoms with E-state index in [1.54, 1.807) is 4.90 Å². The molecule has 88 valence electrons. The highest BCUT2D eigenvalue weighted by molar-refractivity contribution is 5.92. The van der Waals surface area contributed by atoms with E-state index < -0.39 is 0 Å². The Morgan fingerprint density at radius 1 is 1.56 bits per heavy atom.